The molecule has 0 aromatic heterocycles. The minimum absolute atomic E-state index is 0.0251. The molecule has 0 unspecified atom stereocenters. The molecule has 0 saturated heterocycles. The molecule has 9 heteroatoms. The lowest BCUT2D eigenvalue weighted by Crippen LogP contribution is -2.42. The summed E-state index contributed by atoms with van der Waals surface area (Å²) in [7, 11) is -4.07. The van der Waals surface area contributed by atoms with Gasteiger partial charge in [-0.3, -0.25) is 9.59 Å². The second-order valence-electron chi connectivity index (χ2n) is 11.9. The predicted molar refractivity (Wildman–Crippen MR) is 152 cm³/mol. The molecule has 0 radical (unpaired) electrons. The van der Waals surface area contributed by atoms with Gasteiger partial charge in [0.05, 0.1) is 8.95 Å². The molecule has 1 N–H and O–H groups in total. The van der Waals surface area contributed by atoms with Crippen LogP contribution >= 0.6 is 31.9 Å². The van der Waals surface area contributed by atoms with E-state index < -0.39 is 16.0 Å². The molecule has 2 aromatic carbocycles. The number of halogens is 2. The van der Waals surface area contributed by atoms with Gasteiger partial charge in [0.15, 0.2) is 17.3 Å². The molecule has 0 bridgehead atoms. The van der Waals surface area contributed by atoms with Crippen LogP contribution in [0.3, 0.4) is 0 Å². The number of benzene rings is 2. The van der Waals surface area contributed by atoms with Crippen molar-refractivity contribution in [1.82, 2.24) is 5.32 Å². The first-order valence-electron chi connectivity index (χ1n) is 12.5. The highest BCUT2D eigenvalue weighted by atomic mass is 79.9. The lowest BCUT2D eigenvalue weighted by molar-refractivity contribution is -0.119. The van der Waals surface area contributed by atoms with E-state index >= 15 is 0 Å². The number of Topliss-reactive ketones (excluding diaryl/α,β-unsaturated/α-hetero) is 2. The molecule has 0 fully saturated rings. The van der Waals surface area contributed by atoms with Crippen LogP contribution in [0.5, 0.6) is 5.75 Å². The first kappa shape index (κ1) is 27.3. The van der Waals surface area contributed by atoms with Gasteiger partial charge in [0, 0.05) is 41.3 Å². The summed E-state index contributed by atoms with van der Waals surface area (Å²) in [5.41, 5.74) is 3.34. The zero-order valence-electron chi connectivity index (χ0n) is 21.7. The number of hydrogen-bond donors (Lipinski definition) is 1. The van der Waals surface area contributed by atoms with Crippen molar-refractivity contribution < 1.29 is 22.2 Å². The number of carbonyl (C=O) groups excluding carboxylic acids is 2. The molecule has 0 amide bonds. The van der Waals surface area contributed by atoms with Crippen LogP contribution in [0.15, 0.2) is 78.8 Å². The van der Waals surface area contributed by atoms with Crippen molar-refractivity contribution in [2.75, 3.05) is 0 Å². The van der Waals surface area contributed by atoms with Crippen molar-refractivity contribution in [1.29, 1.82) is 0 Å². The van der Waals surface area contributed by atoms with Gasteiger partial charge >= 0.3 is 10.1 Å². The fraction of sp³-hybridized carbons (Fsp3) is 0.379. The molecule has 2 aromatic rings. The Balaban J connectivity index is 1.63. The lowest BCUT2D eigenvalue weighted by Gasteiger charge is -2.44. The molecule has 1 heterocycles. The third-order valence-electron chi connectivity index (χ3n) is 7.30. The fourth-order valence-corrected chi connectivity index (χ4v) is 8.38. The van der Waals surface area contributed by atoms with Crippen molar-refractivity contribution in [3.63, 3.8) is 0 Å². The number of carbonyl (C=O) groups is 2. The second kappa shape index (κ2) is 9.45. The standard InChI is InChI=1S/C29H29Br2NO5S/c1-28(2)12-20-25(22(33)14-28)24(26-21(32-20)13-29(3,4)15-23(26)34)16-10-18(30)27(19(31)11-16)37-38(35,36)17-8-6-5-7-9-17/h5-11,24,32H,12-15H2,1-4H3. The highest BCUT2D eigenvalue weighted by Gasteiger charge is 2.46. The average Bonchev–Trinajstić information content (AvgIpc) is 2.79. The topological polar surface area (TPSA) is 89.5 Å². The third-order valence-corrected chi connectivity index (χ3v) is 9.71. The Morgan fingerprint density at radius 2 is 1.29 bits per heavy atom. The van der Waals surface area contributed by atoms with Crippen molar-refractivity contribution in [2.45, 2.75) is 64.2 Å². The largest absolute Gasteiger partial charge is 0.377 e. The molecule has 5 rings (SSSR count). The van der Waals surface area contributed by atoms with Gasteiger partial charge in [-0.2, -0.15) is 8.42 Å². The molecule has 0 atom stereocenters. The van der Waals surface area contributed by atoms with Crippen LogP contribution in [0.2, 0.25) is 0 Å². The van der Waals surface area contributed by atoms with E-state index in [1.165, 1.54) is 12.1 Å². The minimum Gasteiger partial charge on any atom is -0.377 e. The predicted octanol–water partition coefficient (Wildman–Crippen LogP) is 6.95. The molecule has 0 saturated carbocycles. The minimum atomic E-state index is -4.07. The Bertz CT molecular complexity index is 1460. The molecule has 0 spiro atoms. The SMILES string of the molecule is CC1(C)CC(=O)C2=C(C1)NC1=C(C(=O)CC(C)(C)C1)C2c1cc(Br)c(OS(=O)(=O)c2ccccc2)c(Br)c1. The highest BCUT2D eigenvalue weighted by molar-refractivity contribution is 9.11. The maximum atomic E-state index is 13.6. The Morgan fingerprint density at radius 3 is 1.76 bits per heavy atom. The summed E-state index contributed by atoms with van der Waals surface area (Å²) < 4.78 is 32.1. The smallest absolute Gasteiger partial charge is 0.339 e. The van der Waals surface area contributed by atoms with Crippen LogP contribution in [0, 0.1) is 10.8 Å². The molecule has 3 aliphatic rings. The Hall–Kier alpha value is -2.23. The van der Waals surface area contributed by atoms with Crippen molar-refractivity contribution in [3.05, 3.63) is 79.5 Å². The summed E-state index contributed by atoms with van der Waals surface area (Å²) in [6, 6.07) is 11.4. The van der Waals surface area contributed by atoms with E-state index in [1.54, 1.807) is 30.3 Å². The van der Waals surface area contributed by atoms with E-state index in [0.717, 1.165) is 17.0 Å². The van der Waals surface area contributed by atoms with Gasteiger partial charge in [0.1, 0.15) is 4.90 Å². The lowest BCUT2D eigenvalue weighted by atomic mass is 9.64. The third kappa shape index (κ3) is 5.05. The molecule has 2 aliphatic carbocycles. The zero-order chi connectivity index (χ0) is 27.6. The number of rotatable bonds is 4. The van der Waals surface area contributed by atoms with E-state index in [2.05, 4.69) is 64.9 Å². The van der Waals surface area contributed by atoms with E-state index in [9.17, 15) is 18.0 Å². The van der Waals surface area contributed by atoms with Crippen molar-refractivity contribution in [3.8, 4) is 5.75 Å². The summed E-state index contributed by atoms with van der Waals surface area (Å²) in [4.78, 5) is 27.2. The highest BCUT2D eigenvalue weighted by Crippen LogP contribution is 2.52. The first-order chi connectivity index (χ1) is 17.7. The van der Waals surface area contributed by atoms with Gasteiger partial charge in [-0.15, -0.1) is 0 Å². The van der Waals surface area contributed by atoms with Crippen LogP contribution in [0.1, 0.15) is 64.9 Å². The van der Waals surface area contributed by atoms with E-state index in [-0.39, 0.29) is 33.0 Å². The van der Waals surface area contributed by atoms with Gasteiger partial charge in [-0.1, -0.05) is 45.9 Å². The number of nitrogens with one attached hydrogen (secondary N) is 1. The van der Waals surface area contributed by atoms with Crippen LogP contribution in [0.25, 0.3) is 0 Å². The number of hydrogen-bond acceptors (Lipinski definition) is 6. The molecule has 200 valence electrons. The molecule has 6 nitrogen and oxygen atoms in total. The number of dihydropyridines is 1. The first-order valence-corrected chi connectivity index (χ1v) is 15.4. The quantitative estimate of drug-likeness (QED) is 0.357. The molecule has 38 heavy (non-hydrogen) atoms. The monoisotopic (exact) mass is 661 g/mol. The molecular weight excluding hydrogens is 634 g/mol. The Labute approximate surface area is 240 Å². The number of allylic oxidation sites excluding steroid dienone is 4. The van der Waals surface area contributed by atoms with Gasteiger partial charge in [0.25, 0.3) is 0 Å². The van der Waals surface area contributed by atoms with Gasteiger partial charge in [-0.05, 0) is 85.4 Å². The summed E-state index contributed by atoms with van der Waals surface area (Å²) in [5.74, 6) is -0.391. The van der Waals surface area contributed by atoms with Crippen molar-refractivity contribution >= 4 is 53.5 Å². The second-order valence-corrected chi connectivity index (χ2v) is 15.1. The molecular formula is C29H29Br2NO5S. The Morgan fingerprint density at radius 1 is 0.816 bits per heavy atom. The summed E-state index contributed by atoms with van der Waals surface area (Å²) in [6.45, 7) is 8.32. The maximum absolute atomic E-state index is 13.6. The number of ketones is 2. The summed E-state index contributed by atoms with van der Waals surface area (Å²) in [6.07, 6.45) is 2.19. The Kier molecular flexibility index (Phi) is 6.80. The van der Waals surface area contributed by atoms with E-state index in [0.29, 0.717) is 45.8 Å². The average molecular weight is 663 g/mol. The van der Waals surface area contributed by atoms with Gasteiger partial charge in [-0.25, -0.2) is 0 Å². The van der Waals surface area contributed by atoms with Crippen molar-refractivity contribution in [2.24, 2.45) is 10.8 Å². The van der Waals surface area contributed by atoms with Crippen LogP contribution in [-0.2, 0) is 19.7 Å². The van der Waals surface area contributed by atoms with E-state index in [1.807, 2.05) is 0 Å². The van der Waals surface area contributed by atoms with Crippen LogP contribution < -0.4 is 9.50 Å². The van der Waals surface area contributed by atoms with Gasteiger partial charge in [0.2, 0.25) is 0 Å². The molecule has 1 aliphatic heterocycles. The van der Waals surface area contributed by atoms with Gasteiger partial charge < -0.3 is 9.50 Å². The maximum Gasteiger partial charge on any atom is 0.339 e. The zero-order valence-corrected chi connectivity index (χ0v) is 25.6. The van der Waals surface area contributed by atoms with E-state index in [4.69, 9.17) is 4.18 Å². The van der Waals surface area contributed by atoms with Crippen LogP contribution in [-0.4, -0.2) is 20.0 Å². The summed E-state index contributed by atoms with van der Waals surface area (Å²) >= 11 is 6.99. The normalized spacial score (nSPS) is 21.1. The van der Waals surface area contributed by atoms with Crippen LogP contribution in [0.4, 0.5) is 0 Å². The fourth-order valence-electron chi connectivity index (χ4n) is 5.79. The summed E-state index contributed by atoms with van der Waals surface area (Å²) in [5, 5.41) is 3.51.